The average Bonchev–Trinajstić information content (AvgIpc) is 2.96. The third kappa shape index (κ3) is 3.93. The number of nitrogens with one attached hydrogen (secondary N) is 2. The van der Waals surface area contributed by atoms with Crippen molar-refractivity contribution in [3.8, 4) is 5.75 Å². The van der Waals surface area contributed by atoms with Crippen molar-refractivity contribution in [2.24, 2.45) is 0 Å². The minimum atomic E-state index is -0.410. The molecule has 1 atom stereocenters. The van der Waals surface area contributed by atoms with E-state index in [0.29, 0.717) is 23.7 Å². The molecule has 0 aliphatic carbocycles. The Kier molecular flexibility index (Phi) is 5.06. The first kappa shape index (κ1) is 17.7. The highest BCUT2D eigenvalue weighted by Crippen LogP contribution is 2.25. The predicted molar refractivity (Wildman–Crippen MR) is 97.0 cm³/mol. The van der Waals surface area contributed by atoms with Gasteiger partial charge in [-0.05, 0) is 48.9 Å². The lowest BCUT2D eigenvalue weighted by molar-refractivity contribution is -0.117. The van der Waals surface area contributed by atoms with Crippen molar-refractivity contribution >= 4 is 23.3 Å². The van der Waals surface area contributed by atoms with E-state index in [1.807, 2.05) is 19.1 Å². The van der Waals surface area contributed by atoms with Crippen LogP contribution in [0.4, 0.5) is 20.6 Å². The maximum Gasteiger partial charge on any atom is 0.319 e. The van der Waals surface area contributed by atoms with Crippen LogP contribution in [0.15, 0.2) is 42.5 Å². The molecule has 0 unspecified atom stereocenters. The summed E-state index contributed by atoms with van der Waals surface area (Å²) < 4.78 is 18.3. The predicted octanol–water partition coefficient (Wildman–Crippen LogP) is 3.07. The Balaban J connectivity index is 1.63. The lowest BCUT2D eigenvalue weighted by Crippen LogP contribution is -2.39. The van der Waals surface area contributed by atoms with Gasteiger partial charge >= 0.3 is 6.03 Å². The number of anilines is 2. The summed E-state index contributed by atoms with van der Waals surface area (Å²) in [6.07, 6.45) is 0.190. The van der Waals surface area contributed by atoms with Gasteiger partial charge in [-0.1, -0.05) is 6.07 Å². The van der Waals surface area contributed by atoms with Crippen LogP contribution in [0.1, 0.15) is 12.0 Å². The average molecular weight is 357 g/mol. The minimum absolute atomic E-state index is 0.116. The Morgan fingerprint density at radius 1 is 1.23 bits per heavy atom. The molecule has 2 N–H and O–H groups in total. The fourth-order valence-electron chi connectivity index (χ4n) is 2.94. The monoisotopic (exact) mass is 357 g/mol. The molecule has 2 aromatic carbocycles. The van der Waals surface area contributed by atoms with E-state index >= 15 is 0 Å². The van der Waals surface area contributed by atoms with Crippen LogP contribution >= 0.6 is 0 Å². The number of nitrogens with zero attached hydrogens (tertiary/aromatic N) is 1. The number of benzene rings is 2. The lowest BCUT2D eigenvalue weighted by Gasteiger charge is -2.18. The van der Waals surface area contributed by atoms with E-state index in [2.05, 4.69) is 10.6 Å². The minimum Gasteiger partial charge on any atom is -0.495 e. The number of urea groups is 1. The van der Waals surface area contributed by atoms with Crippen molar-refractivity contribution in [1.82, 2.24) is 5.32 Å². The molecule has 1 fully saturated rings. The summed E-state index contributed by atoms with van der Waals surface area (Å²) in [4.78, 5) is 26.0. The standard InChI is InChI=1S/C19H20FN3O3/c1-12-3-8-17(26-2)16(9-12)22-19(25)21-14-10-18(24)23(11-14)15-6-4-13(20)5-7-15/h3-9,14H,10-11H2,1-2H3,(H2,21,22,25)/t14-/m1/s1. The molecule has 1 aliphatic heterocycles. The van der Waals surface area contributed by atoms with Gasteiger partial charge in [-0.25, -0.2) is 9.18 Å². The molecular formula is C19H20FN3O3. The van der Waals surface area contributed by atoms with E-state index in [1.165, 1.54) is 24.1 Å². The largest absolute Gasteiger partial charge is 0.495 e. The summed E-state index contributed by atoms with van der Waals surface area (Å²) in [5, 5.41) is 5.55. The van der Waals surface area contributed by atoms with Crippen molar-refractivity contribution in [1.29, 1.82) is 0 Å². The summed E-state index contributed by atoms with van der Waals surface area (Å²) in [7, 11) is 1.53. The summed E-state index contributed by atoms with van der Waals surface area (Å²) in [5.41, 5.74) is 2.16. The zero-order chi connectivity index (χ0) is 18.7. The lowest BCUT2D eigenvalue weighted by atomic mass is 10.2. The molecule has 3 amide bonds. The van der Waals surface area contributed by atoms with Gasteiger partial charge in [-0.2, -0.15) is 0 Å². The zero-order valence-electron chi connectivity index (χ0n) is 14.6. The van der Waals surface area contributed by atoms with Gasteiger partial charge in [-0.15, -0.1) is 0 Å². The second-order valence-electron chi connectivity index (χ2n) is 6.18. The molecule has 0 saturated carbocycles. The van der Waals surface area contributed by atoms with Crippen molar-refractivity contribution in [2.75, 3.05) is 23.9 Å². The zero-order valence-corrected chi connectivity index (χ0v) is 14.6. The van der Waals surface area contributed by atoms with Crippen molar-refractivity contribution in [3.63, 3.8) is 0 Å². The highest BCUT2D eigenvalue weighted by atomic mass is 19.1. The Morgan fingerprint density at radius 3 is 2.65 bits per heavy atom. The Labute approximate surface area is 150 Å². The fraction of sp³-hybridized carbons (Fsp3) is 0.263. The summed E-state index contributed by atoms with van der Waals surface area (Å²) in [5.74, 6) is 0.0813. The first-order valence-electron chi connectivity index (χ1n) is 8.24. The molecule has 1 heterocycles. The van der Waals surface area contributed by atoms with Crippen LogP contribution in [0.25, 0.3) is 0 Å². The third-order valence-corrected chi connectivity index (χ3v) is 4.20. The van der Waals surface area contributed by atoms with Gasteiger partial charge in [0, 0.05) is 18.7 Å². The second-order valence-corrected chi connectivity index (χ2v) is 6.18. The SMILES string of the molecule is COc1ccc(C)cc1NC(=O)N[C@@H]1CC(=O)N(c2ccc(F)cc2)C1. The van der Waals surface area contributed by atoms with E-state index in [-0.39, 0.29) is 24.2 Å². The van der Waals surface area contributed by atoms with Crippen molar-refractivity contribution in [2.45, 2.75) is 19.4 Å². The number of aryl methyl sites for hydroxylation is 1. The second kappa shape index (κ2) is 7.43. The number of ether oxygens (including phenoxy) is 1. The fourth-order valence-corrected chi connectivity index (χ4v) is 2.94. The van der Waals surface area contributed by atoms with E-state index in [9.17, 15) is 14.0 Å². The molecule has 0 spiro atoms. The first-order chi connectivity index (χ1) is 12.5. The number of halogens is 1. The number of carbonyl (C=O) groups is 2. The van der Waals surface area contributed by atoms with Gasteiger partial charge in [0.15, 0.2) is 0 Å². The third-order valence-electron chi connectivity index (χ3n) is 4.20. The molecular weight excluding hydrogens is 337 g/mol. The topological polar surface area (TPSA) is 70.7 Å². The van der Waals surface area contributed by atoms with Crippen LogP contribution < -0.4 is 20.3 Å². The van der Waals surface area contributed by atoms with Crippen LogP contribution in [0, 0.1) is 12.7 Å². The number of amides is 3. The molecule has 6 nitrogen and oxygen atoms in total. The van der Waals surface area contributed by atoms with E-state index in [0.717, 1.165) is 5.56 Å². The summed E-state index contributed by atoms with van der Waals surface area (Å²) >= 11 is 0. The van der Waals surface area contributed by atoms with E-state index in [1.54, 1.807) is 18.2 Å². The number of methoxy groups -OCH3 is 1. The molecule has 0 radical (unpaired) electrons. The van der Waals surface area contributed by atoms with E-state index < -0.39 is 6.03 Å². The van der Waals surface area contributed by atoms with Gasteiger partial charge in [0.05, 0.1) is 18.8 Å². The van der Waals surface area contributed by atoms with Gasteiger partial charge in [-0.3, -0.25) is 4.79 Å². The number of hydrogen-bond acceptors (Lipinski definition) is 3. The summed E-state index contributed by atoms with van der Waals surface area (Å²) in [6.45, 7) is 2.25. The number of rotatable bonds is 4. The van der Waals surface area contributed by atoms with Crippen LogP contribution in [0.2, 0.25) is 0 Å². The van der Waals surface area contributed by atoms with Crippen LogP contribution in [-0.2, 0) is 4.79 Å². The normalized spacial score (nSPS) is 16.5. The molecule has 7 heteroatoms. The summed E-state index contributed by atoms with van der Waals surface area (Å²) in [6, 6.07) is 10.4. The molecule has 0 aromatic heterocycles. The van der Waals surface area contributed by atoms with Crippen molar-refractivity contribution in [3.05, 3.63) is 53.8 Å². The molecule has 2 aromatic rings. The quantitative estimate of drug-likeness (QED) is 0.883. The van der Waals surface area contributed by atoms with E-state index in [4.69, 9.17) is 4.74 Å². The number of hydrogen-bond donors (Lipinski definition) is 2. The number of carbonyl (C=O) groups excluding carboxylic acids is 2. The molecule has 3 rings (SSSR count). The molecule has 1 saturated heterocycles. The van der Waals surface area contributed by atoms with Crippen LogP contribution in [-0.4, -0.2) is 31.6 Å². The van der Waals surface area contributed by atoms with Gasteiger partial charge < -0.3 is 20.3 Å². The van der Waals surface area contributed by atoms with Gasteiger partial charge in [0.2, 0.25) is 5.91 Å². The van der Waals surface area contributed by atoms with Crippen LogP contribution in [0.3, 0.4) is 0 Å². The Hall–Kier alpha value is -3.09. The smallest absolute Gasteiger partial charge is 0.319 e. The highest BCUT2D eigenvalue weighted by molar-refractivity contribution is 5.98. The maximum absolute atomic E-state index is 13.0. The molecule has 26 heavy (non-hydrogen) atoms. The molecule has 1 aliphatic rings. The molecule has 136 valence electrons. The highest BCUT2D eigenvalue weighted by Gasteiger charge is 2.31. The Morgan fingerprint density at radius 2 is 1.96 bits per heavy atom. The van der Waals surface area contributed by atoms with Gasteiger partial charge in [0.25, 0.3) is 0 Å². The molecule has 0 bridgehead atoms. The van der Waals surface area contributed by atoms with Gasteiger partial charge in [0.1, 0.15) is 11.6 Å². The Bertz CT molecular complexity index is 823. The maximum atomic E-state index is 13.0. The van der Waals surface area contributed by atoms with Crippen LogP contribution in [0.5, 0.6) is 5.75 Å². The van der Waals surface area contributed by atoms with Crippen molar-refractivity contribution < 1.29 is 18.7 Å². The first-order valence-corrected chi connectivity index (χ1v) is 8.24.